The predicted molar refractivity (Wildman–Crippen MR) is 89.3 cm³/mol. The molecule has 0 aliphatic heterocycles. The Hall–Kier alpha value is -3.54. The third-order valence-corrected chi connectivity index (χ3v) is 3.52. The summed E-state index contributed by atoms with van der Waals surface area (Å²) in [5, 5.41) is 22.3. The fourth-order valence-electron chi connectivity index (χ4n) is 2.34. The molecule has 120 valence electrons. The molecular weight excluding hydrogens is 308 g/mol. The number of nitrogens with zero attached hydrogens (tertiary/aromatic N) is 1. The summed E-state index contributed by atoms with van der Waals surface area (Å²) in [6.45, 7) is 3.73. The molecule has 0 radical (unpaired) electrons. The first-order chi connectivity index (χ1) is 11.5. The Balaban J connectivity index is 2.14. The van der Waals surface area contributed by atoms with E-state index in [0.717, 1.165) is 4.68 Å². The number of nitrogens with one attached hydrogen (secondary N) is 1. The zero-order chi connectivity index (χ0) is 17.3. The fourth-order valence-corrected chi connectivity index (χ4v) is 2.34. The molecule has 0 spiro atoms. The number of aromatic amines is 1. The molecule has 0 bridgehead atoms. The average molecular weight is 322 g/mol. The summed E-state index contributed by atoms with van der Waals surface area (Å²) in [7, 11) is 0. The molecule has 1 heterocycles. The first-order valence-corrected chi connectivity index (χ1v) is 7.11. The van der Waals surface area contributed by atoms with E-state index in [2.05, 4.69) is 11.7 Å². The maximum absolute atomic E-state index is 12.5. The lowest BCUT2D eigenvalue weighted by Crippen LogP contribution is -2.36. The van der Waals surface area contributed by atoms with Gasteiger partial charge in [0, 0.05) is 0 Å². The first-order valence-electron chi connectivity index (χ1n) is 7.11. The molecule has 2 aromatic carbocycles. The number of H-pyrrole nitrogens is 1. The third-order valence-electron chi connectivity index (χ3n) is 3.52. The lowest BCUT2D eigenvalue weighted by Gasteiger charge is -2.02. The molecule has 0 unspecified atom stereocenters. The maximum atomic E-state index is 12.5. The molecule has 0 saturated carbocycles. The van der Waals surface area contributed by atoms with Gasteiger partial charge in [-0.25, -0.2) is 0 Å². The summed E-state index contributed by atoms with van der Waals surface area (Å²) in [4.78, 5) is 25.0. The van der Waals surface area contributed by atoms with E-state index in [4.69, 9.17) is 0 Å². The molecule has 3 rings (SSSR count). The molecule has 3 aromatic rings. The number of phenolic OH excluding ortho intramolecular Hbond substituents is 2. The minimum Gasteiger partial charge on any atom is -0.508 e. The van der Waals surface area contributed by atoms with E-state index < -0.39 is 11.5 Å². The number of benzene rings is 2. The largest absolute Gasteiger partial charge is 0.508 e. The number of hydrogen-bond donors (Lipinski definition) is 3. The molecule has 0 aliphatic rings. The first kappa shape index (κ1) is 15.4. The summed E-state index contributed by atoms with van der Waals surface area (Å²) < 4.78 is 0.798. The van der Waals surface area contributed by atoms with Crippen molar-refractivity contribution in [3.63, 3.8) is 0 Å². The number of carbonyl (C=O) groups excluding carboxylic acids is 1. The van der Waals surface area contributed by atoms with Crippen molar-refractivity contribution in [3.05, 3.63) is 80.6 Å². The van der Waals surface area contributed by atoms with Crippen LogP contribution in [0.1, 0.15) is 15.9 Å². The van der Waals surface area contributed by atoms with Crippen LogP contribution in [0.3, 0.4) is 0 Å². The molecule has 1 aromatic heterocycles. The van der Waals surface area contributed by atoms with E-state index in [9.17, 15) is 19.8 Å². The number of carbonyl (C=O) groups is 1. The second kappa shape index (κ2) is 5.92. The van der Waals surface area contributed by atoms with E-state index in [1.54, 1.807) is 24.3 Å². The van der Waals surface area contributed by atoms with E-state index >= 15 is 0 Å². The summed E-state index contributed by atoms with van der Waals surface area (Å²) in [5.74, 6) is -0.831. The molecule has 0 saturated heterocycles. The lowest BCUT2D eigenvalue weighted by molar-refractivity contribution is 0.0938. The van der Waals surface area contributed by atoms with Gasteiger partial charge in [-0.1, -0.05) is 30.8 Å². The van der Waals surface area contributed by atoms with Crippen LogP contribution in [0.25, 0.3) is 12.7 Å². The van der Waals surface area contributed by atoms with Gasteiger partial charge in [-0.3, -0.25) is 14.7 Å². The molecule has 24 heavy (non-hydrogen) atoms. The van der Waals surface area contributed by atoms with Crippen LogP contribution in [-0.4, -0.2) is 25.9 Å². The number of phenols is 2. The van der Waals surface area contributed by atoms with Crippen LogP contribution in [0, 0.1) is 0 Å². The van der Waals surface area contributed by atoms with Crippen LogP contribution < -0.4 is 16.1 Å². The molecule has 3 N–H and O–H groups in total. The Kier molecular flexibility index (Phi) is 3.79. The van der Waals surface area contributed by atoms with Crippen LogP contribution in [0.5, 0.6) is 11.5 Å². The fraction of sp³-hybridized carbons (Fsp3) is 0. The van der Waals surface area contributed by atoms with Gasteiger partial charge < -0.3 is 10.2 Å². The number of rotatable bonds is 2. The van der Waals surface area contributed by atoms with Crippen LogP contribution in [-0.2, 0) is 0 Å². The van der Waals surface area contributed by atoms with Gasteiger partial charge in [0.05, 0.1) is 16.1 Å². The van der Waals surface area contributed by atoms with Gasteiger partial charge in [0.25, 0.3) is 11.5 Å². The standard InChI is InChI=1S/C18H14N2O4/c1-11-15(10-12-5-4-6-13(21)9-12)18(24)20(19-11)17(23)14-7-2-3-8-16(14)22/h2-10,19,21-22H,1H2/b15-10+. The van der Waals surface area contributed by atoms with Gasteiger partial charge >= 0.3 is 0 Å². The van der Waals surface area contributed by atoms with Crippen molar-refractivity contribution in [1.82, 2.24) is 9.78 Å². The van der Waals surface area contributed by atoms with E-state index in [-0.39, 0.29) is 27.6 Å². The van der Waals surface area contributed by atoms with Crippen molar-refractivity contribution >= 4 is 18.6 Å². The zero-order valence-corrected chi connectivity index (χ0v) is 12.6. The second-order valence-corrected chi connectivity index (χ2v) is 5.21. The Morgan fingerprint density at radius 3 is 2.58 bits per heavy atom. The second-order valence-electron chi connectivity index (χ2n) is 5.21. The molecular formula is C18H14N2O4. The molecule has 6 heteroatoms. The number of aromatic nitrogens is 2. The van der Waals surface area contributed by atoms with Crippen LogP contribution >= 0.6 is 0 Å². The van der Waals surface area contributed by atoms with Gasteiger partial charge in [0.1, 0.15) is 11.5 Å². The molecule has 6 nitrogen and oxygen atoms in total. The van der Waals surface area contributed by atoms with Crippen LogP contribution in [0.15, 0.2) is 53.3 Å². The van der Waals surface area contributed by atoms with Crippen molar-refractivity contribution in [3.8, 4) is 11.5 Å². The van der Waals surface area contributed by atoms with Gasteiger partial charge in [0.15, 0.2) is 0 Å². The van der Waals surface area contributed by atoms with Crippen LogP contribution in [0.4, 0.5) is 0 Å². The molecule has 0 aliphatic carbocycles. The van der Waals surface area contributed by atoms with Gasteiger partial charge in [-0.2, -0.15) is 4.68 Å². The third kappa shape index (κ3) is 2.72. The highest BCUT2D eigenvalue weighted by Gasteiger charge is 2.16. The van der Waals surface area contributed by atoms with E-state index in [0.29, 0.717) is 5.56 Å². The highest BCUT2D eigenvalue weighted by molar-refractivity contribution is 5.97. The van der Waals surface area contributed by atoms with Crippen molar-refractivity contribution in [2.45, 2.75) is 0 Å². The number of para-hydroxylation sites is 1. The minimum absolute atomic E-state index is 0.00440. The summed E-state index contributed by atoms with van der Waals surface area (Å²) in [6.07, 6.45) is 1.52. The maximum Gasteiger partial charge on any atom is 0.283 e. The Labute approximate surface area is 136 Å². The highest BCUT2D eigenvalue weighted by atomic mass is 16.3. The zero-order valence-electron chi connectivity index (χ0n) is 12.6. The quantitative estimate of drug-likeness (QED) is 0.641. The Morgan fingerprint density at radius 2 is 1.88 bits per heavy atom. The molecule has 0 atom stereocenters. The SMILES string of the molecule is C=c1[nH]n(C(=O)c2ccccc2O)c(=O)/c1=C/c1cccc(O)c1. The predicted octanol–water partition coefficient (Wildman–Crippen LogP) is 0.515. The van der Waals surface area contributed by atoms with Crippen molar-refractivity contribution in [1.29, 1.82) is 0 Å². The van der Waals surface area contributed by atoms with Gasteiger partial charge in [0.2, 0.25) is 0 Å². The van der Waals surface area contributed by atoms with Crippen molar-refractivity contribution in [2.75, 3.05) is 0 Å². The average Bonchev–Trinajstić information content (AvgIpc) is 2.83. The monoisotopic (exact) mass is 322 g/mol. The van der Waals surface area contributed by atoms with Crippen molar-refractivity contribution < 1.29 is 15.0 Å². The number of hydrogen-bond acceptors (Lipinski definition) is 4. The lowest BCUT2D eigenvalue weighted by atomic mass is 10.2. The van der Waals surface area contributed by atoms with E-state index in [1.807, 2.05) is 0 Å². The normalized spacial score (nSPS) is 11.6. The van der Waals surface area contributed by atoms with Crippen molar-refractivity contribution in [2.24, 2.45) is 0 Å². The number of aromatic hydroxyl groups is 2. The van der Waals surface area contributed by atoms with Gasteiger partial charge in [-0.15, -0.1) is 0 Å². The smallest absolute Gasteiger partial charge is 0.283 e. The molecule has 0 fully saturated rings. The van der Waals surface area contributed by atoms with Crippen LogP contribution in [0.2, 0.25) is 0 Å². The Morgan fingerprint density at radius 1 is 1.12 bits per heavy atom. The minimum atomic E-state index is -0.682. The summed E-state index contributed by atoms with van der Waals surface area (Å²) in [6, 6.07) is 12.3. The Bertz CT molecular complexity index is 1090. The summed E-state index contributed by atoms with van der Waals surface area (Å²) >= 11 is 0. The van der Waals surface area contributed by atoms with Gasteiger partial charge in [-0.05, 0) is 35.9 Å². The highest BCUT2D eigenvalue weighted by Crippen LogP contribution is 2.15. The van der Waals surface area contributed by atoms with E-state index in [1.165, 1.54) is 30.3 Å². The molecule has 0 amide bonds. The summed E-state index contributed by atoms with van der Waals surface area (Å²) in [5.41, 5.74) is 0.0134. The topological polar surface area (TPSA) is 95.3 Å².